The van der Waals surface area contributed by atoms with E-state index in [9.17, 15) is 4.79 Å². The Labute approximate surface area is 100 Å². The second-order valence-corrected chi connectivity index (χ2v) is 4.42. The molecule has 0 spiro atoms. The zero-order valence-corrected chi connectivity index (χ0v) is 9.76. The van der Waals surface area contributed by atoms with Crippen molar-refractivity contribution in [1.82, 2.24) is 10.6 Å². The molecule has 1 fully saturated rings. The molecule has 0 saturated carbocycles. The molecule has 1 aliphatic heterocycles. The Kier molecular flexibility index (Phi) is 3.80. The van der Waals surface area contributed by atoms with Gasteiger partial charge < -0.3 is 10.6 Å². The van der Waals surface area contributed by atoms with E-state index in [1.807, 2.05) is 24.3 Å². The van der Waals surface area contributed by atoms with E-state index >= 15 is 0 Å². The summed E-state index contributed by atoms with van der Waals surface area (Å²) in [6, 6.07) is 8.16. The van der Waals surface area contributed by atoms with Gasteiger partial charge in [-0.15, -0.1) is 0 Å². The summed E-state index contributed by atoms with van der Waals surface area (Å²) in [6.45, 7) is 1.46. The number of carbonyl (C=O) groups excluding carboxylic acids is 1. The second kappa shape index (κ2) is 5.32. The van der Waals surface area contributed by atoms with Crippen molar-refractivity contribution in [3.05, 3.63) is 34.9 Å². The van der Waals surface area contributed by atoms with E-state index in [1.165, 1.54) is 0 Å². The van der Waals surface area contributed by atoms with Crippen molar-refractivity contribution in [2.75, 3.05) is 6.54 Å². The first-order chi connectivity index (χ1) is 7.75. The number of piperidine rings is 1. The van der Waals surface area contributed by atoms with Crippen LogP contribution in [0.1, 0.15) is 18.4 Å². The Morgan fingerprint density at radius 3 is 2.94 bits per heavy atom. The van der Waals surface area contributed by atoms with Gasteiger partial charge in [-0.1, -0.05) is 29.8 Å². The Morgan fingerprint density at radius 2 is 2.25 bits per heavy atom. The predicted octanol–water partition coefficient (Wildman–Crippen LogP) is 1.71. The molecule has 1 aromatic rings. The van der Waals surface area contributed by atoms with E-state index < -0.39 is 0 Å². The largest absolute Gasteiger partial charge is 0.355 e. The molecule has 1 saturated heterocycles. The van der Waals surface area contributed by atoms with E-state index in [2.05, 4.69) is 10.6 Å². The molecule has 0 radical (unpaired) electrons. The summed E-state index contributed by atoms with van der Waals surface area (Å²) in [6.07, 6.45) is 1.51. The minimum Gasteiger partial charge on any atom is -0.355 e. The van der Waals surface area contributed by atoms with Gasteiger partial charge in [0, 0.05) is 30.6 Å². The lowest BCUT2D eigenvalue weighted by atomic mass is 10.1. The molecule has 4 heteroatoms. The molecule has 1 aliphatic rings. The third-order valence-corrected chi connectivity index (χ3v) is 3.17. The fourth-order valence-corrected chi connectivity index (χ4v) is 2.01. The smallest absolute Gasteiger partial charge is 0.220 e. The summed E-state index contributed by atoms with van der Waals surface area (Å²) in [5.41, 5.74) is 1.10. The number of rotatable bonds is 3. The first kappa shape index (κ1) is 11.4. The van der Waals surface area contributed by atoms with Crippen molar-refractivity contribution < 1.29 is 4.79 Å². The highest BCUT2D eigenvalue weighted by Gasteiger charge is 2.17. The molecule has 16 heavy (non-hydrogen) atoms. The third kappa shape index (κ3) is 2.97. The highest BCUT2D eigenvalue weighted by molar-refractivity contribution is 6.31. The molecule has 0 aliphatic carbocycles. The van der Waals surface area contributed by atoms with Gasteiger partial charge >= 0.3 is 0 Å². The minimum absolute atomic E-state index is 0.149. The number of hydrogen-bond donors (Lipinski definition) is 2. The van der Waals surface area contributed by atoms with E-state index in [4.69, 9.17) is 11.6 Å². The molecule has 1 unspecified atom stereocenters. The van der Waals surface area contributed by atoms with Crippen LogP contribution in [0.2, 0.25) is 5.02 Å². The van der Waals surface area contributed by atoms with E-state index in [0.717, 1.165) is 23.6 Å². The van der Waals surface area contributed by atoms with E-state index in [1.54, 1.807) is 0 Å². The zero-order valence-electron chi connectivity index (χ0n) is 9.00. The third-order valence-electron chi connectivity index (χ3n) is 2.80. The summed E-state index contributed by atoms with van der Waals surface area (Å²) in [5.74, 6) is 0.149. The minimum atomic E-state index is 0.149. The van der Waals surface area contributed by atoms with Crippen molar-refractivity contribution in [3.8, 4) is 0 Å². The van der Waals surface area contributed by atoms with Gasteiger partial charge in [0.25, 0.3) is 0 Å². The molecular formula is C12H15ClN2O. The van der Waals surface area contributed by atoms with Crippen LogP contribution in [0.5, 0.6) is 0 Å². The van der Waals surface area contributed by atoms with E-state index in [0.29, 0.717) is 19.0 Å². The Bertz CT molecular complexity index is 371. The summed E-state index contributed by atoms with van der Waals surface area (Å²) in [5, 5.41) is 7.04. The van der Waals surface area contributed by atoms with Crippen molar-refractivity contribution >= 4 is 17.5 Å². The van der Waals surface area contributed by atoms with Crippen LogP contribution in [0, 0.1) is 0 Å². The molecule has 0 aromatic heterocycles. The van der Waals surface area contributed by atoms with Crippen molar-refractivity contribution in [3.63, 3.8) is 0 Å². The molecule has 1 atom stereocenters. The number of carbonyl (C=O) groups is 1. The van der Waals surface area contributed by atoms with Gasteiger partial charge in [0.05, 0.1) is 0 Å². The maximum absolute atomic E-state index is 11.0. The van der Waals surface area contributed by atoms with Crippen LogP contribution in [-0.4, -0.2) is 18.5 Å². The predicted molar refractivity (Wildman–Crippen MR) is 64.3 cm³/mol. The fraction of sp³-hybridized carbons (Fsp3) is 0.417. The van der Waals surface area contributed by atoms with Crippen LogP contribution in [0.25, 0.3) is 0 Å². The van der Waals surface area contributed by atoms with E-state index in [-0.39, 0.29) is 5.91 Å². The molecular weight excluding hydrogens is 224 g/mol. The number of nitrogens with one attached hydrogen (secondary N) is 2. The monoisotopic (exact) mass is 238 g/mol. The highest BCUT2D eigenvalue weighted by atomic mass is 35.5. The van der Waals surface area contributed by atoms with Gasteiger partial charge in [-0.2, -0.15) is 0 Å². The quantitative estimate of drug-likeness (QED) is 0.842. The summed E-state index contributed by atoms with van der Waals surface area (Å²) in [4.78, 5) is 11.0. The van der Waals surface area contributed by atoms with Gasteiger partial charge in [0.1, 0.15) is 0 Å². The highest BCUT2D eigenvalue weighted by Crippen LogP contribution is 2.15. The van der Waals surface area contributed by atoms with Crippen LogP contribution in [0.3, 0.4) is 0 Å². The second-order valence-electron chi connectivity index (χ2n) is 4.01. The van der Waals surface area contributed by atoms with Crippen LogP contribution < -0.4 is 10.6 Å². The SMILES string of the molecule is O=C1CCC(NCc2ccccc2Cl)CN1. The zero-order chi connectivity index (χ0) is 11.4. The van der Waals surface area contributed by atoms with Gasteiger partial charge in [-0.3, -0.25) is 4.79 Å². The lowest BCUT2D eigenvalue weighted by molar-refractivity contribution is -0.122. The van der Waals surface area contributed by atoms with Crippen LogP contribution >= 0.6 is 11.6 Å². The Hall–Kier alpha value is -1.06. The molecule has 2 rings (SSSR count). The van der Waals surface area contributed by atoms with Crippen molar-refractivity contribution in [1.29, 1.82) is 0 Å². The van der Waals surface area contributed by atoms with Gasteiger partial charge in [-0.25, -0.2) is 0 Å². The van der Waals surface area contributed by atoms with Gasteiger partial charge in [0.15, 0.2) is 0 Å². The van der Waals surface area contributed by atoms with Gasteiger partial charge in [-0.05, 0) is 18.1 Å². The molecule has 2 N–H and O–H groups in total. The summed E-state index contributed by atoms with van der Waals surface area (Å²) in [7, 11) is 0. The fourth-order valence-electron chi connectivity index (χ4n) is 1.80. The van der Waals surface area contributed by atoms with Crippen LogP contribution in [0.15, 0.2) is 24.3 Å². The van der Waals surface area contributed by atoms with Crippen molar-refractivity contribution in [2.45, 2.75) is 25.4 Å². The number of halogens is 1. The van der Waals surface area contributed by atoms with Crippen LogP contribution in [0.4, 0.5) is 0 Å². The number of amides is 1. The molecule has 1 heterocycles. The summed E-state index contributed by atoms with van der Waals surface area (Å²) >= 11 is 6.06. The Morgan fingerprint density at radius 1 is 1.44 bits per heavy atom. The van der Waals surface area contributed by atoms with Crippen LogP contribution in [-0.2, 0) is 11.3 Å². The first-order valence-electron chi connectivity index (χ1n) is 5.49. The molecule has 1 aromatic carbocycles. The average Bonchev–Trinajstić information content (AvgIpc) is 2.30. The maximum Gasteiger partial charge on any atom is 0.220 e. The lowest BCUT2D eigenvalue weighted by Crippen LogP contribution is -2.45. The molecule has 1 amide bonds. The van der Waals surface area contributed by atoms with Gasteiger partial charge in [0.2, 0.25) is 5.91 Å². The first-order valence-corrected chi connectivity index (χ1v) is 5.87. The summed E-state index contributed by atoms with van der Waals surface area (Å²) < 4.78 is 0. The lowest BCUT2D eigenvalue weighted by Gasteiger charge is -2.23. The Balaban J connectivity index is 1.84. The molecule has 0 bridgehead atoms. The normalized spacial score (nSPS) is 20.6. The molecule has 3 nitrogen and oxygen atoms in total. The number of benzene rings is 1. The topological polar surface area (TPSA) is 41.1 Å². The average molecular weight is 239 g/mol. The van der Waals surface area contributed by atoms with Crippen molar-refractivity contribution in [2.24, 2.45) is 0 Å². The maximum atomic E-state index is 11.0. The standard InChI is InChI=1S/C12H15ClN2O/c13-11-4-2-1-3-9(11)7-14-10-5-6-12(16)15-8-10/h1-4,10,14H,5-8H2,(H,15,16). The number of hydrogen-bond acceptors (Lipinski definition) is 2. The molecule has 86 valence electrons.